The third-order valence-corrected chi connectivity index (χ3v) is 6.16. The second kappa shape index (κ2) is 8.22. The van der Waals surface area contributed by atoms with Gasteiger partial charge in [-0.05, 0) is 30.7 Å². The molecule has 158 valence electrons. The van der Waals surface area contributed by atoms with E-state index in [4.69, 9.17) is 21.3 Å². The molecule has 3 N–H and O–H groups in total. The summed E-state index contributed by atoms with van der Waals surface area (Å²) in [5, 5.41) is 10.5. The van der Waals surface area contributed by atoms with E-state index in [2.05, 4.69) is 30.9 Å². The normalized spacial score (nSPS) is 13.5. The number of hydrogen-bond acceptors (Lipinski definition) is 9. The van der Waals surface area contributed by atoms with Gasteiger partial charge in [-0.2, -0.15) is 0 Å². The summed E-state index contributed by atoms with van der Waals surface area (Å²) in [6, 6.07) is 3.87. The summed E-state index contributed by atoms with van der Waals surface area (Å²) in [5.74, 6) is 0.973. The minimum absolute atomic E-state index is 0.0666. The van der Waals surface area contributed by atoms with Crippen molar-refractivity contribution in [3.8, 4) is 0 Å². The van der Waals surface area contributed by atoms with E-state index in [-0.39, 0.29) is 11.2 Å². The van der Waals surface area contributed by atoms with Gasteiger partial charge in [0.15, 0.2) is 5.82 Å². The van der Waals surface area contributed by atoms with E-state index in [0.29, 0.717) is 48.3 Å². The summed E-state index contributed by atoms with van der Waals surface area (Å²) in [7, 11) is 0. The summed E-state index contributed by atoms with van der Waals surface area (Å²) >= 11 is 7.43. The number of fused-ring (bicyclic) bond motifs is 5. The average molecular weight is 456 g/mol. The van der Waals surface area contributed by atoms with Crippen molar-refractivity contribution in [1.29, 1.82) is 0 Å². The van der Waals surface area contributed by atoms with Crippen molar-refractivity contribution in [3.05, 3.63) is 40.3 Å². The van der Waals surface area contributed by atoms with Gasteiger partial charge in [0.05, 0.1) is 29.5 Å². The van der Waals surface area contributed by atoms with E-state index in [1.54, 1.807) is 12.4 Å². The van der Waals surface area contributed by atoms with Crippen molar-refractivity contribution in [3.63, 3.8) is 0 Å². The van der Waals surface area contributed by atoms with Crippen LogP contribution in [0, 0.1) is 0 Å². The highest BCUT2D eigenvalue weighted by Gasteiger charge is 2.23. The van der Waals surface area contributed by atoms with Crippen LogP contribution in [-0.4, -0.2) is 45.5 Å². The highest BCUT2D eigenvalue weighted by molar-refractivity contribution is 7.21. The minimum atomic E-state index is -0.0666. The molecule has 11 heteroatoms. The Balaban J connectivity index is 1.56. The van der Waals surface area contributed by atoms with Gasteiger partial charge in [0.25, 0.3) is 5.91 Å². The first-order valence-corrected chi connectivity index (χ1v) is 10.9. The molecule has 1 amide bonds. The van der Waals surface area contributed by atoms with E-state index in [1.165, 1.54) is 11.3 Å². The first kappa shape index (κ1) is 19.9. The van der Waals surface area contributed by atoms with Gasteiger partial charge in [-0.3, -0.25) is 4.79 Å². The number of rotatable bonds is 5. The van der Waals surface area contributed by atoms with Crippen molar-refractivity contribution in [2.75, 3.05) is 30.3 Å². The molecule has 0 radical (unpaired) electrons. The molecular weight excluding hydrogens is 438 g/mol. The molecule has 9 nitrogen and oxygen atoms in total. The number of ether oxygens (including phenoxy) is 1. The molecule has 4 aromatic rings. The van der Waals surface area contributed by atoms with Crippen molar-refractivity contribution in [2.45, 2.75) is 13.5 Å². The Morgan fingerprint density at radius 1 is 1.19 bits per heavy atom. The Morgan fingerprint density at radius 2 is 2.06 bits per heavy atom. The molecule has 0 aliphatic carbocycles. The summed E-state index contributed by atoms with van der Waals surface area (Å²) in [6.45, 7) is 4.09. The monoisotopic (exact) mass is 455 g/mol. The third kappa shape index (κ3) is 3.73. The second-order valence-electron chi connectivity index (χ2n) is 6.83. The molecule has 0 fully saturated rings. The lowest BCUT2D eigenvalue weighted by Gasteiger charge is -2.11. The van der Waals surface area contributed by atoms with Crippen molar-refractivity contribution in [1.82, 2.24) is 25.3 Å². The topological polar surface area (TPSA) is 114 Å². The Morgan fingerprint density at radius 3 is 2.94 bits per heavy atom. The number of nitrogens with one attached hydrogen (secondary N) is 3. The van der Waals surface area contributed by atoms with Crippen LogP contribution in [0.5, 0.6) is 0 Å². The van der Waals surface area contributed by atoms with Crippen molar-refractivity contribution in [2.24, 2.45) is 0 Å². The largest absolute Gasteiger partial charge is 0.381 e. The number of hydrogen-bond donors (Lipinski definition) is 3. The van der Waals surface area contributed by atoms with Gasteiger partial charge in [0.2, 0.25) is 5.28 Å². The molecule has 4 heterocycles. The Hall–Kier alpha value is -3.08. The number of anilines is 3. The molecular formula is C20H18ClN7O2S. The van der Waals surface area contributed by atoms with Crippen LogP contribution in [-0.2, 0) is 11.3 Å². The number of carbonyl (C=O) groups is 1. The zero-order valence-electron chi connectivity index (χ0n) is 16.5. The molecule has 0 saturated carbocycles. The fourth-order valence-electron chi connectivity index (χ4n) is 3.43. The number of halogens is 1. The first-order valence-electron chi connectivity index (χ1n) is 9.74. The number of thiophene rings is 1. The SMILES string of the molecule is CCOCc1cnc(Cl)nc1Nc1cnc2c(ccc3sc4c(c32)NCCNC4=O)n1. The van der Waals surface area contributed by atoms with Crippen LogP contribution in [0.4, 0.5) is 17.3 Å². The lowest BCUT2D eigenvalue weighted by Crippen LogP contribution is -2.24. The van der Waals surface area contributed by atoms with Gasteiger partial charge in [0, 0.05) is 41.5 Å². The highest BCUT2D eigenvalue weighted by Crippen LogP contribution is 2.40. The molecule has 0 bridgehead atoms. The summed E-state index contributed by atoms with van der Waals surface area (Å²) in [5.41, 5.74) is 3.02. The van der Waals surface area contributed by atoms with Gasteiger partial charge in [-0.1, -0.05) is 0 Å². The van der Waals surface area contributed by atoms with Gasteiger partial charge in [-0.15, -0.1) is 11.3 Å². The number of nitrogens with zero attached hydrogens (tertiary/aromatic N) is 4. The quantitative estimate of drug-likeness (QED) is 0.390. The maximum Gasteiger partial charge on any atom is 0.263 e. The maximum absolute atomic E-state index is 12.4. The Labute approximate surface area is 186 Å². The van der Waals surface area contributed by atoms with E-state index in [0.717, 1.165) is 26.9 Å². The van der Waals surface area contributed by atoms with Crippen LogP contribution in [0.25, 0.3) is 21.1 Å². The highest BCUT2D eigenvalue weighted by atomic mass is 35.5. The average Bonchev–Trinajstić information content (AvgIpc) is 3.05. The zero-order chi connectivity index (χ0) is 21.4. The van der Waals surface area contributed by atoms with Crippen molar-refractivity contribution >= 4 is 67.3 Å². The third-order valence-electron chi connectivity index (χ3n) is 4.83. The summed E-state index contributed by atoms with van der Waals surface area (Å²) in [4.78, 5) is 30.7. The van der Waals surface area contributed by atoms with Gasteiger partial charge in [-0.25, -0.2) is 19.9 Å². The van der Waals surface area contributed by atoms with Crippen LogP contribution >= 0.6 is 22.9 Å². The lowest BCUT2D eigenvalue weighted by molar-refractivity contribution is 0.0962. The first-order chi connectivity index (χ1) is 15.1. The molecule has 3 aromatic heterocycles. The van der Waals surface area contributed by atoms with Crippen LogP contribution in [0.1, 0.15) is 22.2 Å². The van der Waals surface area contributed by atoms with Crippen LogP contribution < -0.4 is 16.0 Å². The summed E-state index contributed by atoms with van der Waals surface area (Å²) < 4.78 is 6.47. The van der Waals surface area contributed by atoms with Gasteiger partial charge < -0.3 is 20.7 Å². The molecule has 1 aliphatic heterocycles. The van der Waals surface area contributed by atoms with Crippen LogP contribution in [0.3, 0.4) is 0 Å². The molecule has 0 atom stereocenters. The van der Waals surface area contributed by atoms with E-state index in [9.17, 15) is 4.79 Å². The van der Waals surface area contributed by atoms with Crippen molar-refractivity contribution < 1.29 is 9.53 Å². The van der Waals surface area contributed by atoms with Crippen LogP contribution in [0.15, 0.2) is 24.5 Å². The predicted molar refractivity (Wildman–Crippen MR) is 121 cm³/mol. The molecule has 1 aliphatic rings. The predicted octanol–water partition coefficient (Wildman–Crippen LogP) is 3.72. The van der Waals surface area contributed by atoms with Crippen LogP contribution in [0.2, 0.25) is 5.28 Å². The fourth-order valence-corrected chi connectivity index (χ4v) is 4.66. The minimum Gasteiger partial charge on any atom is -0.381 e. The summed E-state index contributed by atoms with van der Waals surface area (Å²) in [6.07, 6.45) is 3.27. The molecule has 0 spiro atoms. The molecule has 5 rings (SSSR count). The van der Waals surface area contributed by atoms with Gasteiger partial charge >= 0.3 is 0 Å². The maximum atomic E-state index is 12.4. The lowest BCUT2D eigenvalue weighted by atomic mass is 10.1. The smallest absolute Gasteiger partial charge is 0.263 e. The van der Waals surface area contributed by atoms with Gasteiger partial charge in [0.1, 0.15) is 10.7 Å². The fraction of sp³-hybridized carbons (Fsp3) is 0.250. The van der Waals surface area contributed by atoms with E-state index >= 15 is 0 Å². The molecule has 1 aromatic carbocycles. The molecule has 31 heavy (non-hydrogen) atoms. The molecule has 0 unspecified atom stereocenters. The Bertz CT molecular complexity index is 1310. The molecule has 0 saturated heterocycles. The second-order valence-corrected chi connectivity index (χ2v) is 8.22. The number of aromatic nitrogens is 4. The van der Waals surface area contributed by atoms with E-state index in [1.807, 2.05) is 19.1 Å². The standard InChI is InChI=1S/C20H18ClN7O2S/c1-2-30-9-10-7-25-20(21)28-18(10)27-13-8-24-15-11(26-13)3-4-12-14(15)16-17(31-12)19(29)23-6-5-22-16/h3-4,7-8,22H,2,5-6,9H2,1H3,(H,23,29)(H,25,26,27,28). The Kier molecular flexibility index (Phi) is 5.26. The van der Waals surface area contributed by atoms with E-state index < -0.39 is 0 Å². The number of carbonyl (C=O) groups excluding carboxylic acids is 1. The number of amides is 1. The number of benzene rings is 1. The zero-order valence-corrected chi connectivity index (χ0v) is 18.1.